The number of fused-ring (bicyclic) bond motifs is 11. The highest BCUT2D eigenvalue weighted by atomic mass is 35.5. The summed E-state index contributed by atoms with van der Waals surface area (Å²) in [5, 5.41) is 4.31. The van der Waals surface area contributed by atoms with Gasteiger partial charge < -0.3 is 15.0 Å². The van der Waals surface area contributed by atoms with Gasteiger partial charge in [-0.1, -0.05) is 119 Å². The van der Waals surface area contributed by atoms with Crippen molar-refractivity contribution in [3.8, 4) is 44.5 Å². The van der Waals surface area contributed by atoms with Crippen molar-refractivity contribution in [2.24, 2.45) is 0 Å². The van der Waals surface area contributed by atoms with Gasteiger partial charge in [-0.25, -0.2) is 9.97 Å². The van der Waals surface area contributed by atoms with Gasteiger partial charge >= 0.3 is 0 Å². The number of aromatic nitrogens is 5. The second-order valence-electron chi connectivity index (χ2n) is 14.5. The second kappa shape index (κ2) is 14.2. The average Bonchev–Trinajstić information content (AvgIpc) is 4.09. The van der Waals surface area contributed by atoms with Crippen molar-refractivity contribution in [3.05, 3.63) is 177 Å². The summed E-state index contributed by atoms with van der Waals surface area (Å²) in [5.74, 6) is 0. The van der Waals surface area contributed by atoms with E-state index in [1.54, 1.807) is 0 Å². The molecule has 9 heteroatoms. The third kappa shape index (κ3) is 6.00. The Labute approximate surface area is 357 Å². The number of halogens is 4. The van der Waals surface area contributed by atoms with Crippen molar-refractivity contribution in [1.82, 2.24) is 24.9 Å². The number of nitrogens with one attached hydrogen (secondary N) is 3. The van der Waals surface area contributed by atoms with Gasteiger partial charge in [-0.2, -0.15) is 0 Å². The summed E-state index contributed by atoms with van der Waals surface area (Å²) < 4.78 is 0. The summed E-state index contributed by atoms with van der Waals surface area (Å²) >= 11 is 27.8. The van der Waals surface area contributed by atoms with Crippen molar-refractivity contribution < 1.29 is 0 Å². The van der Waals surface area contributed by atoms with Crippen molar-refractivity contribution in [2.45, 2.75) is 0 Å². The van der Waals surface area contributed by atoms with Crippen LogP contribution in [0.5, 0.6) is 0 Å². The number of H-pyrrole nitrogens is 3. The molecule has 10 aromatic rings. The minimum Gasteiger partial charge on any atom is -0.354 e. The molecule has 0 atom stereocenters. The summed E-state index contributed by atoms with van der Waals surface area (Å²) in [5.41, 5.74) is 15.6. The Kier molecular flexibility index (Phi) is 8.61. The maximum Gasteiger partial charge on any atom is 0.0872 e. The maximum absolute atomic E-state index is 6.96. The van der Waals surface area contributed by atoms with Gasteiger partial charge in [0.2, 0.25) is 0 Å². The Morgan fingerprint density at radius 1 is 0.305 bits per heavy atom. The molecule has 0 spiro atoms. The highest BCUT2D eigenvalue weighted by Gasteiger charge is 2.20. The van der Waals surface area contributed by atoms with Crippen LogP contribution in [0.15, 0.2) is 146 Å². The zero-order chi connectivity index (χ0) is 39.8. The number of benzene rings is 5. The van der Waals surface area contributed by atoms with E-state index >= 15 is 0 Å². The first-order chi connectivity index (χ1) is 28.9. The Hall–Kier alpha value is -6.34. The predicted molar refractivity (Wildman–Crippen MR) is 250 cm³/mol. The number of hydrogen-bond donors (Lipinski definition) is 3. The first-order valence-electron chi connectivity index (χ1n) is 19.0. The Morgan fingerprint density at radius 2 is 0.712 bits per heavy atom. The standard InChI is InChI=1S/C50H29Cl4N5/c51-31-9-5-10-32(52)47(31)49-41-21-19-37(56-41)38-20-22-42(57-38)50(48-33(53)11-6-12-34(48)54)44-26-24-40(59-44)46(39-23-25-43(49)58-39)28-17-15-27(16-18-28)45-29-7-1-3-13-35(29)55-36-14-4-2-8-30(36)45/h1-26,56,58-59H. The average molecular weight is 842 g/mol. The highest BCUT2D eigenvalue weighted by molar-refractivity contribution is 6.40. The molecule has 1 aliphatic heterocycles. The van der Waals surface area contributed by atoms with E-state index in [1.165, 1.54) is 0 Å². The summed E-state index contributed by atoms with van der Waals surface area (Å²) in [6.07, 6.45) is 3.99. The number of pyridine rings is 1. The molecule has 0 unspecified atom stereocenters. The van der Waals surface area contributed by atoms with E-state index in [9.17, 15) is 0 Å². The summed E-state index contributed by atoms with van der Waals surface area (Å²) in [4.78, 5) is 21.3. The predicted octanol–water partition coefficient (Wildman–Crippen LogP) is 15.7. The minimum absolute atomic E-state index is 0.522. The lowest BCUT2D eigenvalue weighted by Crippen LogP contribution is -1.89. The third-order valence-electron chi connectivity index (χ3n) is 11.1. The molecule has 0 radical (unpaired) electrons. The smallest absolute Gasteiger partial charge is 0.0872 e. The van der Waals surface area contributed by atoms with Crippen LogP contribution < -0.4 is 0 Å². The van der Waals surface area contributed by atoms with Crippen LogP contribution in [0.25, 0.3) is 112 Å². The maximum atomic E-state index is 6.96. The van der Waals surface area contributed by atoms with Crippen molar-refractivity contribution >= 4 is 113 Å². The van der Waals surface area contributed by atoms with Crippen LogP contribution >= 0.6 is 46.4 Å². The van der Waals surface area contributed by atoms with Crippen LogP contribution in [0, 0.1) is 0 Å². The molecule has 0 aliphatic carbocycles. The zero-order valence-corrected chi connectivity index (χ0v) is 33.9. The van der Waals surface area contributed by atoms with E-state index in [4.69, 9.17) is 56.4 Å². The summed E-state index contributed by atoms with van der Waals surface area (Å²) in [6.45, 7) is 0. The molecule has 1 aliphatic rings. The monoisotopic (exact) mass is 839 g/mol. The molecule has 5 aromatic carbocycles. The fourth-order valence-corrected chi connectivity index (χ4v) is 9.59. The lowest BCUT2D eigenvalue weighted by Gasteiger charge is -2.12. The normalized spacial score (nSPS) is 12.0. The van der Waals surface area contributed by atoms with E-state index in [0.717, 1.165) is 99.7 Å². The van der Waals surface area contributed by atoms with Crippen LogP contribution in [-0.4, -0.2) is 24.9 Å². The van der Waals surface area contributed by atoms with Crippen LogP contribution in [0.4, 0.5) is 0 Å². The molecular weight excluding hydrogens is 812 g/mol. The van der Waals surface area contributed by atoms with Crippen LogP contribution in [0.2, 0.25) is 20.1 Å². The molecule has 11 rings (SSSR count). The van der Waals surface area contributed by atoms with Crippen molar-refractivity contribution in [1.29, 1.82) is 0 Å². The van der Waals surface area contributed by atoms with Gasteiger partial charge in [0.1, 0.15) is 0 Å². The minimum atomic E-state index is 0.522. The molecule has 5 nitrogen and oxygen atoms in total. The molecule has 3 N–H and O–H groups in total. The van der Waals surface area contributed by atoms with E-state index in [1.807, 2.05) is 72.8 Å². The summed E-state index contributed by atoms with van der Waals surface area (Å²) in [7, 11) is 0. The Morgan fingerprint density at radius 3 is 1.25 bits per heavy atom. The molecular formula is C50H29Cl4N5. The molecule has 0 fully saturated rings. The van der Waals surface area contributed by atoms with Gasteiger partial charge in [0, 0.05) is 71.7 Å². The molecule has 282 valence electrons. The lowest BCUT2D eigenvalue weighted by molar-refractivity contribution is 1.32. The van der Waals surface area contributed by atoms with E-state index in [2.05, 4.69) is 99.9 Å². The van der Waals surface area contributed by atoms with Crippen LogP contribution in [0.3, 0.4) is 0 Å². The molecule has 5 aromatic heterocycles. The number of rotatable bonds is 4. The Balaban J connectivity index is 1.24. The SMILES string of the molecule is Clc1cccc(Cl)c1-c1c2nc(c3ccc([nH]3)c(-c3c(Cl)cccc3Cl)c3ccc([nH]3)c(-c3ccc(-c4c5ccccc5nc5ccccc45)cc3)c3ccc1[nH]3)C=C2. The first-order valence-corrected chi connectivity index (χ1v) is 20.5. The number of aromatic amines is 3. The van der Waals surface area contributed by atoms with Gasteiger partial charge in [-0.15, -0.1) is 0 Å². The number of para-hydroxylation sites is 2. The largest absolute Gasteiger partial charge is 0.354 e. The Bertz CT molecular complexity index is 3410. The molecule has 0 saturated carbocycles. The van der Waals surface area contributed by atoms with E-state index in [-0.39, 0.29) is 0 Å². The van der Waals surface area contributed by atoms with E-state index in [0.29, 0.717) is 31.2 Å². The van der Waals surface area contributed by atoms with Gasteiger partial charge in [0.05, 0.1) is 48.0 Å². The fourth-order valence-electron chi connectivity index (χ4n) is 8.41. The quantitative estimate of drug-likeness (QED) is 0.154. The van der Waals surface area contributed by atoms with E-state index < -0.39 is 0 Å². The van der Waals surface area contributed by atoms with Crippen LogP contribution in [0.1, 0.15) is 11.4 Å². The summed E-state index contributed by atoms with van der Waals surface area (Å²) in [6, 6.07) is 48.9. The molecule has 8 bridgehead atoms. The molecule has 0 amide bonds. The number of hydrogen-bond acceptors (Lipinski definition) is 2. The highest BCUT2D eigenvalue weighted by Crippen LogP contribution is 2.43. The van der Waals surface area contributed by atoms with Crippen molar-refractivity contribution in [2.75, 3.05) is 0 Å². The molecule has 6 heterocycles. The topological polar surface area (TPSA) is 73.2 Å². The van der Waals surface area contributed by atoms with Crippen molar-refractivity contribution in [3.63, 3.8) is 0 Å². The van der Waals surface area contributed by atoms with Crippen LogP contribution in [-0.2, 0) is 0 Å². The fraction of sp³-hybridized carbons (Fsp3) is 0. The van der Waals surface area contributed by atoms with Gasteiger partial charge in [0.25, 0.3) is 0 Å². The lowest BCUT2D eigenvalue weighted by atomic mass is 9.94. The zero-order valence-electron chi connectivity index (χ0n) is 30.9. The number of nitrogens with zero attached hydrogens (tertiary/aromatic N) is 2. The van der Waals surface area contributed by atoms with Gasteiger partial charge in [-0.05, 0) is 96.1 Å². The van der Waals surface area contributed by atoms with Gasteiger partial charge in [0.15, 0.2) is 0 Å². The molecule has 0 saturated heterocycles. The van der Waals surface area contributed by atoms with Gasteiger partial charge in [-0.3, -0.25) is 0 Å². The third-order valence-corrected chi connectivity index (χ3v) is 12.3. The first kappa shape index (κ1) is 35.8. The molecule has 59 heavy (non-hydrogen) atoms. The second-order valence-corrected chi connectivity index (χ2v) is 16.1.